The molecule has 1 unspecified atom stereocenters. The van der Waals surface area contributed by atoms with Gasteiger partial charge in [0, 0.05) is 25.5 Å². The minimum absolute atomic E-state index is 0.0609. The van der Waals surface area contributed by atoms with Gasteiger partial charge in [0.2, 0.25) is 5.91 Å². The smallest absolute Gasteiger partial charge is 0.263 e. The van der Waals surface area contributed by atoms with Gasteiger partial charge in [-0.3, -0.25) is 14.6 Å². The van der Waals surface area contributed by atoms with Gasteiger partial charge in [-0.05, 0) is 80.8 Å². The normalized spacial score (nSPS) is 33.9. The summed E-state index contributed by atoms with van der Waals surface area (Å²) in [5.74, 6) is 3.06. The Bertz CT molecular complexity index is 849. The van der Waals surface area contributed by atoms with Crippen LogP contribution in [0.15, 0.2) is 29.5 Å². The second-order valence-corrected chi connectivity index (χ2v) is 11.4. The van der Waals surface area contributed by atoms with Crippen LogP contribution in [-0.2, 0) is 16.0 Å². The van der Waals surface area contributed by atoms with Crippen LogP contribution in [0.4, 0.5) is 0 Å². The van der Waals surface area contributed by atoms with E-state index in [9.17, 15) is 9.59 Å². The maximum atomic E-state index is 12.9. The van der Waals surface area contributed by atoms with E-state index in [2.05, 4.69) is 16.9 Å². The van der Waals surface area contributed by atoms with E-state index in [0.717, 1.165) is 60.7 Å². The second kappa shape index (κ2) is 8.10. The molecule has 2 aliphatic heterocycles. The summed E-state index contributed by atoms with van der Waals surface area (Å²) in [6.45, 7) is 3.55. The SMILES string of the molecule is CC1(C2CCN(C(=O)Cc3cccnc3)CC2)SC(C[C@H]2C[C@@H]3CC[C@H]2C3)=NC1=O. The molecule has 3 heterocycles. The summed E-state index contributed by atoms with van der Waals surface area (Å²) >= 11 is 1.74. The molecule has 2 aliphatic carbocycles. The molecule has 2 bridgehead atoms. The highest BCUT2D eigenvalue weighted by atomic mass is 32.2. The Kier molecular flexibility index (Phi) is 5.46. The summed E-state index contributed by atoms with van der Waals surface area (Å²) in [4.78, 5) is 36.1. The molecule has 6 heteroatoms. The second-order valence-electron chi connectivity index (χ2n) is 9.85. The summed E-state index contributed by atoms with van der Waals surface area (Å²) in [5.41, 5.74) is 0.955. The van der Waals surface area contributed by atoms with E-state index in [4.69, 9.17) is 0 Å². The van der Waals surface area contributed by atoms with Crippen molar-refractivity contribution in [1.82, 2.24) is 9.88 Å². The van der Waals surface area contributed by atoms with Crippen LogP contribution in [0.3, 0.4) is 0 Å². The number of hydrogen-bond acceptors (Lipinski definition) is 4. The molecule has 2 amide bonds. The van der Waals surface area contributed by atoms with E-state index < -0.39 is 4.75 Å². The number of aliphatic imine (C=N–C) groups is 1. The number of fused-ring (bicyclic) bond motifs is 2. The molecule has 30 heavy (non-hydrogen) atoms. The van der Waals surface area contributed by atoms with Crippen LogP contribution in [0.2, 0.25) is 0 Å². The molecule has 4 aliphatic rings. The Labute approximate surface area is 183 Å². The van der Waals surface area contributed by atoms with Crippen molar-refractivity contribution in [3.05, 3.63) is 30.1 Å². The molecule has 0 spiro atoms. The van der Waals surface area contributed by atoms with E-state index in [1.807, 2.05) is 17.0 Å². The van der Waals surface area contributed by atoms with Gasteiger partial charge in [-0.15, -0.1) is 0 Å². The standard InChI is InChI=1S/C24H31N3O2S/c1-24(23(29)26-21(30-24)14-19-12-16-4-5-18(19)11-16)20-6-9-27(10-7-20)22(28)13-17-3-2-8-25-15-17/h2-3,8,15-16,18-20H,4-7,9-14H2,1H3/t16-,18+,19-,24?/m1/s1. The fraction of sp³-hybridized carbons (Fsp3) is 0.667. The highest BCUT2D eigenvalue weighted by Gasteiger charge is 2.49. The van der Waals surface area contributed by atoms with Gasteiger partial charge in [-0.1, -0.05) is 24.2 Å². The first kappa shape index (κ1) is 20.2. The first-order valence-electron chi connectivity index (χ1n) is 11.5. The van der Waals surface area contributed by atoms with Crippen molar-refractivity contribution < 1.29 is 9.59 Å². The van der Waals surface area contributed by atoms with Crippen molar-refractivity contribution in [2.75, 3.05) is 13.1 Å². The van der Waals surface area contributed by atoms with Crippen LogP contribution in [0.1, 0.15) is 57.4 Å². The number of hydrogen-bond donors (Lipinski definition) is 0. The topological polar surface area (TPSA) is 62.6 Å². The number of pyridine rings is 1. The summed E-state index contributed by atoms with van der Waals surface area (Å²) in [6, 6.07) is 3.81. The van der Waals surface area contributed by atoms with Crippen molar-refractivity contribution in [2.24, 2.45) is 28.7 Å². The van der Waals surface area contributed by atoms with Crippen molar-refractivity contribution in [1.29, 1.82) is 0 Å². The van der Waals surface area contributed by atoms with Crippen LogP contribution in [0, 0.1) is 23.7 Å². The van der Waals surface area contributed by atoms with Crippen molar-refractivity contribution >= 4 is 28.6 Å². The summed E-state index contributed by atoms with van der Waals surface area (Å²) < 4.78 is -0.439. The number of thioether (sulfide) groups is 1. The molecule has 0 N–H and O–H groups in total. The van der Waals surface area contributed by atoms with Crippen LogP contribution < -0.4 is 0 Å². The minimum atomic E-state index is -0.439. The highest BCUT2D eigenvalue weighted by Crippen LogP contribution is 2.52. The molecule has 2 saturated carbocycles. The van der Waals surface area contributed by atoms with Gasteiger partial charge in [-0.2, -0.15) is 0 Å². The molecule has 4 atom stereocenters. The van der Waals surface area contributed by atoms with Crippen molar-refractivity contribution in [3.8, 4) is 0 Å². The lowest BCUT2D eigenvalue weighted by Gasteiger charge is -2.38. The molecule has 1 saturated heterocycles. The first-order chi connectivity index (χ1) is 14.5. The number of rotatable bonds is 5. The Balaban J connectivity index is 1.15. The van der Waals surface area contributed by atoms with E-state index >= 15 is 0 Å². The van der Waals surface area contributed by atoms with Gasteiger partial charge >= 0.3 is 0 Å². The lowest BCUT2D eigenvalue weighted by atomic mass is 9.84. The highest BCUT2D eigenvalue weighted by molar-refractivity contribution is 8.16. The molecule has 160 valence electrons. The number of amides is 2. The fourth-order valence-electron chi connectivity index (χ4n) is 6.20. The lowest BCUT2D eigenvalue weighted by Crippen LogP contribution is -2.46. The van der Waals surface area contributed by atoms with Gasteiger partial charge in [-0.25, -0.2) is 4.99 Å². The quantitative estimate of drug-likeness (QED) is 0.712. The third-order valence-electron chi connectivity index (χ3n) is 8.01. The van der Waals surface area contributed by atoms with Crippen LogP contribution in [0.25, 0.3) is 0 Å². The van der Waals surface area contributed by atoms with Gasteiger partial charge in [0.25, 0.3) is 5.91 Å². The number of carbonyl (C=O) groups is 2. The first-order valence-corrected chi connectivity index (χ1v) is 12.3. The van der Waals surface area contributed by atoms with E-state index in [1.165, 1.54) is 25.7 Å². The van der Waals surface area contributed by atoms with Gasteiger partial charge in [0.05, 0.1) is 11.5 Å². The minimum Gasteiger partial charge on any atom is -0.342 e. The van der Waals surface area contributed by atoms with Crippen molar-refractivity contribution in [2.45, 2.75) is 63.0 Å². The van der Waals surface area contributed by atoms with Gasteiger partial charge in [0.1, 0.15) is 4.75 Å². The maximum Gasteiger partial charge on any atom is 0.263 e. The van der Waals surface area contributed by atoms with Gasteiger partial charge in [0.15, 0.2) is 0 Å². The maximum absolute atomic E-state index is 12.9. The van der Waals surface area contributed by atoms with E-state index in [-0.39, 0.29) is 11.8 Å². The number of carbonyl (C=O) groups excluding carboxylic acids is 2. The molecule has 5 rings (SSSR count). The summed E-state index contributed by atoms with van der Waals surface area (Å²) in [7, 11) is 0. The average molecular weight is 426 g/mol. The Morgan fingerprint density at radius 3 is 2.73 bits per heavy atom. The van der Waals surface area contributed by atoms with Crippen LogP contribution in [0.5, 0.6) is 0 Å². The summed E-state index contributed by atoms with van der Waals surface area (Å²) in [5, 5.41) is 1.08. The molecular weight excluding hydrogens is 394 g/mol. The zero-order chi connectivity index (χ0) is 20.7. The molecular formula is C24H31N3O2S. The average Bonchev–Trinajstić information content (AvgIpc) is 3.44. The van der Waals surface area contributed by atoms with Crippen molar-refractivity contribution in [3.63, 3.8) is 0 Å². The number of piperidine rings is 1. The molecule has 3 fully saturated rings. The number of likely N-dealkylation sites (tertiary alicyclic amines) is 1. The summed E-state index contributed by atoms with van der Waals surface area (Å²) in [6.07, 6.45) is 12.2. The molecule has 0 aromatic carbocycles. The third kappa shape index (κ3) is 3.83. The molecule has 1 aromatic heterocycles. The van der Waals surface area contributed by atoms with E-state index in [1.54, 1.807) is 24.2 Å². The fourth-order valence-corrected chi connectivity index (χ4v) is 7.65. The number of nitrogens with zero attached hydrogens (tertiary/aromatic N) is 3. The molecule has 5 nitrogen and oxygen atoms in total. The Hall–Kier alpha value is -1.69. The van der Waals surface area contributed by atoms with Gasteiger partial charge < -0.3 is 4.90 Å². The Morgan fingerprint density at radius 1 is 1.23 bits per heavy atom. The predicted molar refractivity (Wildman–Crippen MR) is 119 cm³/mol. The monoisotopic (exact) mass is 425 g/mol. The van der Waals surface area contributed by atoms with E-state index in [0.29, 0.717) is 12.3 Å². The number of aromatic nitrogens is 1. The third-order valence-corrected chi connectivity index (χ3v) is 9.43. The molecule has 1 aromatic rings. The predicted octanol–water partition coefficient (Wildman–Crippen LogP) is 4.12. The largest absolute Gasteiger partial charge is 0.342 e. The lowest BCUT2D eigenvalue weighted by molar-refractivity contribution is -0.132. The van der Waals surface area contributed by atoms with Crippen LogP contribution in [-0.4, -0.2) is 44.6 Å². The molecule has 0 radical (unpaired) electrons. The zero-order valence-corrected chi connectivity index (χ0v) is 18.6. The van der Waals surface area contributed by atoms with Crippen LogP contribution >= 0.6 is 11.8 Å². The Morgan fingerprint density at radius 2 is 2.07 bits per heavy atom. The zero-order valence-electron chi connectivity index (χ0n) is 17.8.